The number of halogens is 1. The molecule has 0 aliphatic heterocycles. The first-order chi connectivity index (χ1) is 8.29. The quantitative estimate of drug-likeness (QED) is 0.528. The molecule has 1 fully saturated rings. The highest BCUT2D eigenvalue weighted by Crippen LogP contribution is 2.27. The Balaban J connectivity index is 1.89. The molecule has 1 aliphatic rings. The average molecular weight is 303 g/mol. The van der Waals surface area contributed by atoms with Gasteiger partial charge < -0.3 is 4.74 Å². The second kappa shape index (κ2) is 6.21. The minimum absolute atomic E-state index is 0.678. The molecule has 0 amide bonds. The molecule has 0 atom stereocenters. The lowest BCUT2D eigenvalue weighted by atomic mass is 9.90. The number of nitrogens with zero attached hydrogens (tertiary/aromatic N) is 1. The zero-order valence-corrected chi connectivity index (χ0v) is 11.2. The van der Waals surface area contributed by atoms with Crippen LogP contribution in [0, 0.1) is 5.92 Å². The van der Waals surface area contributed by atoms with Gasteiger partial charge in [0.05, 0.1) is 12.7 Å². The minimum Gasteiger partial charge on any atom is -0.492 e. The summed E-state index contributed by atoms with van der Waals surface area (Å²) in [6.45, 7) is 0.766. The number of pyridine rings is 1. The topological polar surface area (TPSA) is 42.6 Å². The predicted octanol–water partition coefficient (Wildman–Crippen LogP) is 2.60. The van der Waals surface area contributed by atoms with Crippen molar-refractivity contribution < 1.29 is 19.7 Å². The van der Waals surface area contributed by atoms with Gasteiger partial charge >= 0.3 is 0 Å². The molecule has 0 bridgehead atoms. The van der Waals surface area contributed by atoms with Crippen LogP contribution in [0.2, 0.25) is 0 Å². The van der Waals surface area contributed by atoms with E-state index in [1.807, 2.05) is 0 Å². The van der Waals surface area contributed by atoms with Crippen molar-refractivity contribution in [3.05, 3.63) is 22.9 Å². The highest BCUT2D eigenvalue weighted by molar-refractivity contribution is 9.10. The molecule has 1 saturated carbocycles. The highest BCUT2D eigenvalue weighted by Gasteiger charge is 2.16. The highest BCUT2D eigenvalue weighted by atomic mass is 79.9. The average Bonchev–Trinajstić information content (AvgIpc) is 2.38. The van der Waals surface area contributed by atoms with E-state index < -0.39 is 0 Å². The Hall–Kier alpha value is -0.810. The molecular weight excluding hydrogens is 286 g/mol. The molecule has 1 aromatic heterocycles. The van der Waals surface area contributed by atoms with E-state index in [0.29, 0.717) is 5.92 Å². The first-order valence-electron chi connectivity index (χ1n) is 5.95. The Morgan fingerprint density at radius 2 is 2.12 bits per heavy atom. The lowest BCUT2D eigenvalue weighted by Crippen LogP contribution is -2.39. The van der Waals surface area contributed by atoms with E-state index in [1.54, 1.807) is 18.5 Å². The van der Waals surface area contributed by atoms with Crippen LogP contribution in [0.5, 0.6) is 5.75 Å². The second-order valence-electron chi connectivity index (χ2n) is 4.41. The molecule has 1 aromatic rings. The molecule has 1 heterocycles. The van der Waals surface area contributed by atoms with E-state index >= 15 is 0 Å². The van der Waals surface area contributed by atoms with Gasteiger partial charge in [0.1, 0.15) is 10.2 Å². The maximum absolute atomic E-state index is 8.49. The Labute approximate surface area is 109 Å². The minimum atomic E-state index is 0.678. The van der Waals surface area contributed by atoms with Gasteiger partial charge in [0.25, 0.3) is 0 Å². The van der Waals surface area contributed by atoms with E-state index in [-0.39, 0.29) is 0 Å². The van der Waals surface area contributed by atoms with Crippen molar-refractivity contribution in [2.24, 2.45) is 5.92 Å². The number of hydrogen-bond donors (Lipinski definition) is 1. The van der Waals surface area contributed by atoms with Gasteiger partial charge in [-0.1, -0.05) is 24.3 Å². The van der Waals surface area contributed by atoms with Gasteiger partial charge in [0.15, 0.2) is 0 Å². The molecule has 5 heteroatoms. The van der Waals surface area contributed by atoms with Crippen LogP contribution in [0.4, 0.5) is 0 Å². The van der Waals surface area contributed by atoms with Crippen molar-refractivity contribution in [1.29, 1.82) is 0 Å². The lowest BCUT2D eigenvalue weighted by Gasteiger charge is -2.21. The summed E-state index contributed by atoms with van der Waals surface area (Å²) in [6, 6.07) is 1.77. The Bertz CT molecular complexity index is 367. The molecular formula is C12H17BrNO3+. The van der Waals surface area contributed by atoms with Crippen LogP contribution in [0.15, 0.2) is 22.9 Å². The molecule has 0 spiro atoms. The van der Waals surface area contributed by atoms with Gasteiger partial charge in [-0.15, -0.1) is 5.26 Å². The summed E-state index contributed by atoms with van der Waals surface area (Å²) in [5.74, 6) is 1.46. The lowest BCUT2D eigenvalue weighted by molar-refractivity contribution is -0.956. The summed E-state index contributed by atoms with van der Waals surface area (Å²) in [5.41, 5.74) is 0. The zero-order valence-electron chi connectivity index (χ0n) is 9.64. The van der Waals surface area contributed by atoms with E-state index in [1.165, 1.54) is 36.8 Å². The Morgan fingerprint density at radius 1 is 1.35 bits per heavy atom. The maximum atomic E-state index is 8.49. The van der Waals surface area contributed by atoms with Crippen LogP contribution >= 0.6 is 15.9 Å². The van der Waals surface area contributed by atoms with Crippen LogP contribution in [0.3, 0.4) is 0 Å². The van der Waals surface area contributed by atoms with Crippen molar-refractivity contribution in [1.82, 2.24) is 0 Å². The molecule has 0 unspecified atom stereocenters. The summed E-state index contributed by atoms with van der Waals surface area (Å²) in [4.78, 5) is 4.08. The van der Waals surface area contributed by atoms with Crippen molar-refractivity contribution in [2.45, 2.75) is 32.1 Å². The predicted molar refractivity (Wildman–Crippen MR) is 65.6 cm³/mol. The van der Waals surface area contributed by atoms with Crippen molar-refractivity contribution >= 4 is 15.9 Å². The number of aromatic nitrogens is 1. The summed E-state index contributed by atoms with van der Waals surface area (Å²) in [7, 11) is 0. The van der Waals surface area contributed by atoms with Crippen LogP contribution in [-0.4, -0.2) is 11.9 Å². The molecule has 17 heavy (non-hydrogen) atoms. The van der Waals surface area contributed by atoms with Gasteiger partial charge in [-0.25, -0.2) is 0 Å². The smallest absolute Gasteiger partial charge is 0.244 e. The van der Waals surface area contributed by atoms with E-state index in [2.05, 4.69) is 20.9 Å². The van der Waals surface area contributed by atoms with E-state index in [4.69, 9.17) is 9.99 Å². The SMILES string of the molecule is OO[n+]1ccc(OCC2CCCCC2)c(Br)c1. The van der Waals surface area contributed by atoms with Crippen molar-refractivity contribution in [3.63, 3.8) is 0 Å². The standard InChI is InChI=1S/C12H16BrNO3/c13-11-8-14(17-15)7-6-12(11)16-9-10-4-2-1-3-5-10/h6-8,10H,1-5,9H2/p+1. The fraction of sp³-hybridized carbons (Fsp3) is 0.583. The molecule has 94 valence electrons. The summed E-state index contributed by atoms with van der Waals surface area (Å²) in [6.07, 6.45) is 9.75. The molecule has 1 N–H and O–H groups in total. The molecule has 4 nitrogen and oxygen atoms in total. The normalized spacial score (nSPS) is 16.8. The third-order valence-electron chi connectivity index (χ3n) is 3.14. The third-order valence-corrected chi connectivity index (χ3v) is 3.74. The van der Waals surface area contributed by atoms with Crippen molar-refractivity contribution in [2.75, 3.05) is 6.61 Å². The first kappa shape index (κ1) is 12.6. The Kier molecular flexibility index (Phi) is 4.62. The van der Waals surface area contributed by atoms with Gasteiger partial charge in [0, 0.05) is 4.73 Å². The largest absolute Gasteiger partial charge is 0.492 e. The van der Waals surface area contributed by atoms with E-state index in [9.17, 15) is 0 Å². The zero-order chi connectivity index (χ0) is 12.1. The monoisotopic (exact) mass is 302 g/mol. The van der Waals surface area contributed by atoms with Gasteiger partial charge in [-0.2, -0.15) is 0 Å². The number of rotatable bonds is 4. The molecule has 1 aliphatic carbocycles. The van der Waals surface area contributed by atoms with Crippen molar-refractivity contribution in [3.8, 4) is 5.75 Å². The fourth-order valence-corrected chi connectivity index (χ4v) is 2.62. The fourth-order valence-electron chi connectivity index (χ4n) is 2.17. The van der Waals surface area contributed by atoms with Crippen LogP contribution in [0.1, 0.15) is 32.1 Å². The summed E-state index contributed by atoms with van der Waals surface area (Å²) in [5, 5.41) is 8.49. The first-order valence-corrected chi connectivity index (χ1v) is 6.74. The van der Waals surface area contributed by atoms with Gasteiger partial charge in [-0.3, -0.25) is 0 Å². The number of hydrogen-bond acceptors (Lipinski definition) is 3. The third kappa shape index (κ3) is 3.57. The summed E-state index contributed by atoms with van der Waals surface area (Å²) >= 11 is 3.38. The van der Waals surface area contributed by atoms with E-state index in [0.717, 1.165) is 16.8 Å². The van der Waals surface area contributed by atoms with Crippen LogP contribution in [0.25, 0.3) is 0 Å². The maximum Gasteiger partial charge on any atom is 0.244 e. The van der Waals surface area contributed by atoms with Gasteiger partial charge in [-0.05, 0) is 34.7 Å². The second-order valence-corrected chi connectivity index (χ2v) is 5.27. The Morgan fingerprint density at radius 3 is 2.76 bits per heavy atom. The molecule has 0 saturated heterocycles. The molecule has 0 radical (unpaired) electrons. The van der Waals surface area contributed by atoms with Crippen LogP contribution < -0.4 is 14.5 Å². The number of ether oxygens (including phenoxy) is 1. The molecule has 2 rings (SSSR count). The molecule has 0 aromatic carbocycles. The van der Waals surface area contributed by atoms with Gasteiger partial charge in [0.2, 0.25) is 12.4 Å². The summed E-state index contributed by atoms with van der Waals surface area (Å²) < 4.78 is 7.74. The van der Waals surface area contributed by atoms with Crippen LogP contribution in [-0.2, 0) is 0 Å².